The number of hydrazine groups is 2. The van der Waals surface area contributed by atoms with E-state index in [2.05, 4.69) is 37.9 Å². The van der Waals surface area contributed by atoms with Crippen molar-refractivity contribution in [2.75, 3.05) is 5.75 Å². The zero-order valence-electron chi connectivity index (χ0n) is 17.8. The number of amidine groups is 1. The van der Waals surface area contributed by atoms with Gasteiger partial charge in [-0.15, -0.1) is 22.4 Å². The van der Waals surface area contributed by atoms with E-state index < -0.39 is 0 Å². The molecule has 0 bridgehead atoms. The van der Waals surface area contributed by atoms with Crippen molar-refractivity contribution in [3.8, 4) is 0 Å². The average Bonchev–Trinajstić information content (AvgIpc) is 3.29. The van der Waals surface area contributed by atoms with Crippen molar-refractivity contribution in [2.24, 2.45) is 5.10 Å². The highest BCUT2D eigenvalue weighted by Gasteiger charge is 2.33. The number of rotatable bonds is 7. The normalized spacial score (nSPS) is 25.7. The van der Waals surface area contributed by atoms with Crippen LogP contribution in [0, 0.1) is 0 Å². The number of allylic oxidation sites excluding steroid dienone is 1. The van der Waals surface area contributed by atoms with Crippen LogP contribution in [0.3, 0.4) is 0 Å². The Morgan fingerprint density at radius 1 is 1.10 bits per heavy atom. The Morgan fingerprint density at radius 2 is 1.80 bits per heavy atom. The zero-order valence-corrected chi connectivity index (χ0v) is 19.5. The van der Waals surface area contributed by atoms with Crippen LogP contribution in [0.15, 0.2) is 15.4 Å². The number of nitrogens with zero attached hydrogens (tertiary/aromatic N) is 2. The number of urea groups is 1. The maximum Gasteiger partial charge on any atom is 0.318 e. The van der Waals surface area contributed by atoms with Crippen LogP contribution in [0.2, 0.25) is 0 Å². The van der Waals surface area contributed by atoms with E-state index in [0.29, 0.717) is 12.1 Å². The van der Waals surface area contributed by atoms with Crippen molar-refractivity contribution in [3.63, 3.8) is 0 Å². The molecule has 0 saturated heterocycles. The average molecular weight is 453 g/mol. The monoisotopic (exact) mass is 452 g/mol. The molecule has 2 saturated carbocycles. The highest BCUT2D eigenvalue weighted by molar-refractivity contribution is 8.22. The Hall–Kier alpha value is -1.06. The van der Waals surface area contributed by atoms with E-state index >= 15 is 0 Å². The van der Waals surface area contributed by atoms with Gasteiger partial charge in [0.05, 0.1) is 5.37 Å². The first-order valence-corrected chi connectivity index (χ1v) is 13.6. The Kier molecular flexibility index (Phi) is 8.51. The first-order chi connectivity index (χ1) is 14.8. The summed E-state index contributed by atoms with van der Waals surface area (Å²) < 4.78 is 1.33. The summed E-state index contributed by atoms with van der Waals surface area (Å²) in [6.07, 6.45) is 17.7. The van der Waals surface area contributed by atoms with E-state index in [1.54, 1.807) is 0 Å². The summed E-state index contributed by atoms with van der Waals surface area (Å²) in [6.45, 7) is 0. The number of hydrogen-bond donors (Lipinski definition) is 4. The van der Waals surface area contributed by atoms with Crippen LogP contribution in [-0.2, 0) is 0 Å². The van der Waals surface area contributed by atoms with Gasteiger partial charge in [-0.1, -0.05) is 56.4 Å². The predicted molar refractivity (Wildman–Crippen MR) is 127 cm³/mol. The molecule has 2 fully saturated rings. The summed E-state index contributed by atoms with van der Waals surface area (Å²) in [5.74, 6) is 1.91. The Balaban J connectivity index is 1.29. The summed E-state index contributed by atoms with van der Waals surface area (Å²) in [6, 6.07) is 1.09. The van der Waals surface area contributed by atoms with Crippen LogP contribution in [-0.4, -0.2) is 40.0 Å². The molecule has 4 aliphatic rings. The van der Waals surface area contributed by atoms with E-state index in [1.165, 1.54) is 68.4 Å². The molecule has 4 rings (SSSR count). The first kappa shape index (κ1) is 22.1. The van der Waals surface area contributed by atoms with E-state index in [-0.39, 0.29) is 11.4 Å². The highest BCUT2D eigenvalue weighted by Crippen LogP contribution is 2.38. The third kappa shape index (κ3) is 6.23. The van der Waals surface area contributed by atoms with Crippen molar-refractivity contribution in [3.05, 3.63) is 10.3 Å². The molecule has 0 aromatic heterocycles. The summed E-state index contributed by atoms with van der Waals surface area (Å²) in [7, 11) is 0. The quantitative estimate of drug-likeness (QED) is 0.458. The fraction of sp³-hybridized carbons (Fsp3) is 0.810. The smallest absolute Gasteiger partial charge is 0.318 e. The molecule has 1 atom stereocenters. The van der Waals surface area contributed by atoms with Crippen LogP contribution >= 0.6 is 23.5 Å². The van der Waals surface area contributed by atoms with Gasteiger partial charge in [0.25, 0.3) is 0 Å². The van der Waals surface area contributed by atoms with Gasteiger partial charge in [-0.05, 0) is 38.5 Å². The lowest BCUT2D eigenvalue weighted by Crippen LogP contribution is -2.54. The summed E-state index contributed by atoms with van der Waals surface area (Å²) >= 11 is 3.69. The number of carbonyl (C=O) groups excluding carboxylic acids is 1. The molecule has 168 valence electrons. The van der Waals surface area contributed by atoms with Gasteiger partial charge < -0.3 is 10.2 Å². The molecule has 0 aromatic carbocycles. The maximum absolute atomic E-state index is 13.4. The minimum absolute atomic E-state index is 0.185. The van der Waals surface area contributed by atoms with Crippen molar-refractivity contribution in [1.82, 2.24) is 26.7 Å². The van der Waals surface area contributed by atoms with E-state index in [4.69, 9.17) is 0 Å². The minimum Gasteiger partial charge on any atom is -0.326 e. The van der Waals surface area contributed by atoms with Crippen molar-refractivity contribution in [1.29, 1.82) is 0 Å². The van der Waals surface area contributed by atoms with Gasteiger partial charge in [-0.25, -0.2) is 10.3 Å². The molecule has 1 unspecified atom stereocenters. The highest BCUT2D eigenvalue weighted by atomic mass is 32.2. The Labute approximate surface area is 188 Å². The Morgan fingerprint density at radius 3 is 2.43 bits per heavy atom. The number of amides is 2. The molecular formula is C21H36N6OS2. The fourth-order valence-corrected chi connectivity index (χ4v) is 7.46. The molecule has 0 spiro atoms. The standard InChI is InChI=1S/C21H36N6OS2/c28-21(27(16-8-3-1-4-9-16)17-10-5-2-6-11-17)22-19-12-7-13-20(30-19)29-15-14-18-23-25-26-24-18/h13,16-17,19,25-26H,1-12,14-15H2,(H,22,28)(H,23,24). The van der Waals surface area contributed by atoms with Crippen LogP contribution in [0.1, 0.15) is 83.5 Å². The van der Waals surface area contributed by atoms with Crippen LogP contribution in [0.5, 0.6) is 0 Å². The molecule has 2 aliphatic heterocycles. The van der Waals surface area contributed by atoms with Gasteiger partial charge in [-0.2, -0.15) is 0 Å². The maximum atomic E-state index is 13.4. The predicted octanol–water partition coefficient (Wildman–Crippen LogP) is 4.41. The fourth-order valence-electron chi connectivity index (χ4n) is 4.95. The van der Waals surface area contributed by atoms with Crippen molar-refractivity contribution < 1.29 is 4.79 Å². The van der Waals surface area contributed by atoms with Crippen LogP contribution < -0.4 is 21.8 Å². The second kappa shape index (κ2) is 11.5. The van der Waals surface area contributed by atoms with Gasteiger partial charge in [0, 0.05) is 28.5 Å². The topological polar surface area (TPSA) is 80.8 Å². The third-order valence-corrected chi connectivity index (χ3v) is 9.03. The molecule has 7 nitrogen and oxygen atoms in total. The van der Waals surface area contributed by atoms with Gasteiger partial charge >= 0.3 is 6.03 Å². The molecule has 2 aliphatic carbocycles. The molecule has 0 aromatic rings. The summed E-state index contributed by atoms with van der Waals surface area (Å²) in [5, 5.41) is 7.72. The lowest BCUT2D eigenvalue weighted by atomic mass is 9.89. The molecule has 2 heterocycles. The van der Waals surface area contributed by atoms with E-state index in [1.807, 2.05) is 23.5 Å². The molecule has 4 N–H and O–H groups in total. The number of hydrogen-bond acceptors (Lipinski definition) is 7. The van der Waals surface area contributed by atoms with Gasteiger partial charge in [0.2, 0.25) is 0 Å². The van der Waals surface area contributed by atoms with Gasteiger partial charge in [0.15, 0.2) is 0 Å². The summed E-state index contributed by atoms with van der Waals surface area (Å²) in [4.78, 5) is 15.7. The third-order valence-electron chi connectivity index (χ3n) is 6.49. The SMILES string of the molecule is O=C(NC1CCC=C(SCCC2=NNNN2)S1)N(C1CCCCC1)C1CCCCC1. The van der Waals surface area contributed by atoms with Gasteiger partial charge in [-0.3, -0.25) is 5.43 Å². The molecule has 2 amide bonds. The van der Waals surface area contributed by atoms with Crippen molar-refractivity contribution in [2.45, 2.75) is 101 Å². The number of hydrazone groups is 1. The Bertz CT molecular complexity index is 613. The number of nitrogens with one attached hydrogen (secondary N) is 4. The molecule has 30 heavy (non-hydrogen) atoms. The zero-order chi connectivity index (χ0) is 20.6. The van der Waals surface area contributed by atoms with Crippen molar-refractivity contribution >= 4 is 35.4 Å². The van der Waals surface area contributed by atoms with Crippen LogP contribution in [0.25, 0.3) is 0 Å². The lowest BCUT2D eigenvalue weighted by Gasteiger charge is -2.42. The molecule has 9 heteroatoms. The largest absolute Gasteiger partial charge is 0.326 e. The lowest BCUT2D eigenvalue weighted by molar-refractivity contribution is 0.104. The van der Waals surface area contributed by atoms with E-state index in [9.17, 15) is 4.79 Å². The molecule has 0 radical (unpaired) electrons. The molecular weight excluding hydrogens is 416 g/mol. The van der Waals surface area contributed by atoms with Gasteiger partial charge in [0.1, 0.15) is 5.84 Å². The minimum atomic E-state index is 0.185. The van der Waals surface area contributed by atoms with E-state index in [0.717, 1.165) is 30.9 Å². The number of carbonyl (C=O) groups is 1. The second-order valence-electron chi connectivity index (χ2n) is 8.67. The second-order valence-corrected chi connectivity index (χ2v) is 11.3. The van der Waals surface area contributed by atoms with Crippen LogP contribution in [0.4, 0.5) is 4.79 Å². The summed E-state index contributed by atoms with van der Waals surface area (Å²) in [5.41, 5.74) is 8.46. The number of thioether (sulfide) groups is 2. The first-order valence-electron chi connectivity index (χ1n) is 11.7.